The van der Waals surface area contributed by atoms with Crippen LogP contribution in [0.1, 0.15) is 45.4 Å². The normalized spacial score (nSPS) is 21.0. The van der Waals surface area contributed by atoms with Gasteiger partial charge in [0, 0.05) is 19.6 Å². The molecule has 1 unspecified atom stereocenters. The molecule has 2 saturated heterocycles. The highest BCUT2D eigenvalue weighted by atomic mass is 16.6. The Morgan fingerprint density at radius 3 is 1.96 bits per heavy atom. The molecule has 2 fully saturated rings. The maximum absolute atomic E-state index is 12.8. The zero-order valence-corrected chi connectivity index (χ0v) is 15.4. The Hall–Kier alpha value is -1.82. The fraction of sp³-hybridized carbons (Fsp3) is 0.684. The van der Waals surface area contributed by atoms with Gasteiger partial charge in [0.05, 0.1) is 12.7 Å². The van der Waals surface area contributed by atoms with E-state index in [1.807, 2.05) is 28.9 Å². The summed E-state index contributed by atoms with van der Waals surface area (Å²) in [6, 6.07) is -0.337. The van der Waals surface area contributed by atoms with Crippen LogP contribution in [0.4, 0.5) is 9.59 Å². The van der Waals surface area contributed by atoms with E-state index >= 15 is 0 Å². The molecule has 0 radical (unpaired) electrons. The number of unbranched alkanes of at least 4 members (excludes halogenated alkanes) is 2. The van der Waals surface area contributed by atoms with E-state index in [2.05, 4.69) is 13.2 Å². The molecule has 25 heavy (non-hydrogen) atoms. The highest BCUT2D eigenvalue weighted by molar-refractivity contribution is 5.96. The van der Waals surface area contributed by atoms with Crippen LogP contribution in [0.15, 0.2) is 25.3 Å². The molecule has 1 atom stereocenters. The highest BCUT2D eigenvalue weighted by Crippen LogP contribution is 2.22. The third-order valence-electron chi connectivity index (χ3n) is 4.78. The first kappa shape index (κ1) is 19.5. The molecule has 2 rings (SSSR count). The molecule has 0 bridgehead atoms. The van der Waals surface area contributed by atoms with Gasteiger partial charge in [0.15, 0.2) is 0 Å². The Labute approximate surface area is 151 Å². The van der Waals surface area contributed by atoms with Crippen molar-refractivity contribution in [2.45, 2.75) is 57.7 Å². The zero-order chi connectivity index (χ0) is 18.2. The van der Waals surface area contributed by atoms with E-state index in [0.29, 0.717) is 25.7 Å². The van der Waals surface area contributed by atoms with Gasteiger partial charge >= 0.3 is 12.1 Å². The van der Waals surface area contributed by atoms with E-state index in [-0.39, 0.29) is 18.2 Å². The van der Waals surface area contributed by atoms with Crippen molar-refractivity contribution >= 4 is 12.1 Å². The molecule has 140 valence electrons. The van der Waals surface area contributed by atoms with Crippen molar-refractivity contribution in [1.29, 1.82) is 0 Å². The molecule has 2 aliphatic heterocycles. The number of hydrogen-bond acceptors (Lipinski definition) is 3. The van der Waals surface area contributed by atoms with Gasteiger partial charge in [0.25, 0.3) is 0 Å². The molecule has 2 aliphatic rings. The number of epoxide rings is 1. The van der Waals surface area contributed by atoms with E-state index in [1.165, 1.54) is 4.90 Å². The number of carbonyl (C=O) groups excluding carboxylic acids is 2. The summed E-state index contributed by atoms with van der Waals surface area (Å²) < 4.78 is 5.21. The van der Waals surface area contributed by atoms with Crippen LogP contribution in [0.2, 0.25) is 0 Å². The molecule has 4 amide bonds. The summed E-state index contributed by atoms with van der Waals surface area (Å²) in [4.78, 5) is 30.7. The first-order valence-electron chi connectivity index (χ1n) is 9.32. The van der Waals surface area contributed by atoms with Crippen LogP contribution in [0.5, 0.6) is 0 Å². The second-order valence-corrected chi connectivity index (χ2v) is 6.69. The average molecular weight is 349 g/mol. The Morgan fingerprint density at radius 1 is 1.00 bits per heavy atom. The van der Waals surface area contributed by atoms with Crippen LogP contribution < -0.4 is 0 Å². The summed E-state index contributed by atoms with van der Waals surface area (Å²) in [5, 5.41) is 0. The van der Waals surface area contributed by atoms with Crippen molar-refractivity contribution in [2.24, 2.45) is 0 Å². The predicted octanol–water partition coefficient (Wildman–Crippen LogP) is 3.60. The largest absolute Gasteiger partial charge is 0.373 e. The molecular weight excluding hydrogens is 318 g/mol. The number of carbonyl (C=O) groups is 2. The summed E-state index contributed by atoms with van der Waals surface area (Å²) >= 11 is 0. The van der Waals surface area contributed by atoms with Crippen molar-refractivity contribution in [2.75, 3.05) is 26.2 Å². The van der Waals surface area contributed by atoms with Crippen molar-refractivity contribution in [1.82, 2.24) is 14.7 Å². The van der Waals surface area contributed by atoms with Crippen molar-refractivity contribution < 1.29 is 14.3 Å². The quantitative estimate of drug-likeness (QED) is 0.307. The van der Waals surface area contributed by atoms with E-state index in [1.54, 1.807) is 0 Å². The number of hydrogen-bond donors (Lipinski definition) is 0. The van der Waals surface area contributed by atoms with Crippen LogP contribution in [-0.4, -0.2) is 65.3 Å². The first-order valence-corrected chi connectivity index (χ1v) is 9.32. The van der Waals surface area contributed by atoms with Gasteiger partial charge in [-0.2, -0.15) is 0 Å². The van der Waals surface area contributed by atoms with Gasteiger partial charge in [-0.1, -0.05) is 12.2 Å². The van der Waals surface area contributed by atoms with Gasteiger partial charge in [-0.25, -0.2) is 14.5 Å². The van der Waals surface area contributed by atoms with Gasteiger partial charge in [-0.15, -0.1) is 13.2 Å². The fourth-order valence-electron chi connectivity index (χ4n) is 3.16. The van der Waals surface area contributed by atoms with Gasteiger partial charge in [-0.3, -0.25) is 0 Å². The molecular formula is C19H31N3O3. The lowest BCUT2D eigenvalue weighted by molar-refractivity contribution is 0.0365. The average Bonchev–Trinajstić information content (AvgIpc) is 3.41. The lowest BCUT2D eigenvalue weighted by atomic mass is 10.2. The third-order valence-corrected chi connectivity index (χ3v) is 4.78. The number of ether oxygens (including phenoxy) is 1. The number of imide groups is 1. The first-order chi connectivity index (χ1) is 12.1. The van der Waals surface area contributed by atoms with Crippen molar-refractivity contribution in [3.8, 4) is 0 Å². The summed E-state index contributed by atoms with van der Waals surface area (Å²) in [5.41, 5.74) is 0. The van der Waals surface area contributed by atoms with Gasteiger partial charge in [0.1, 0.15) is 6.17 Å². The van der Waals surface area contributed by atoms with Crippen molar-refractivity contribution in [3.63, 3.8) is 0 Å². The van der Waals surface area contributed by atoms with Crippen LogP contribution in [0.25, 0.3) is 0 Å². The summed E-state index contributed by atoms with van der Waals surface area (Å²) in [5.74, 6) is 0. The number of allylic oxidation sites excluding steroid dienone is 2. The smallest absolute Gasteiger partial charge is 0.329 e. The monoisotopic (exact) mass is 349 g/mol. The highest BCUT2D eigenvalue weighted by Gasteiger charge is 2.41. The van der Waals surface area contributed by atoms with Crippen LogP contribution >= 0.6 is 0 Å². The molecule has 0 aliphatic carbocycles. The molecule has 0 aromatic rings. The number of nitrogens with zero attached hydrogens (tertiary/aromatic N) is 3. The zero-order valence-electron chi connectivity index (χ0n) is 15.4. The second kappa shape index (κ2) is 9.61. The Kier molecular flexibility index (Phi) is 7.50. The van der Waals surface area contributed by atoms with Gasteiger partial charge in [-0.05, 0) is 45.4 Å². The van der Waals surface area contributed by atoms with Crippen molar-refractivity contribution in [3.05, 3.63) is 25.3 Å². The number of urea groups is 2. The minimum absolute atomic E-state index is 0.168. The maximum Gasteiger partial charge on any atom is 0.329 e. The van der Waals surface area contributed by atoms with Gasteiger partial charge in [0.2, 0.25) is 0 Å². The minimum Gasteiger partial charge on any atom is -0.373 e. The Balaban J connectivity index is 2.02. The molecule has 0 aromatic carbocycles. The van der Waals surface area contributed by atoms with Gasteiger partial charge < -0.3 is 14.5 Å². The lowest BCUT2D eigenvalue weighted by Gasteiger charge is -2.46. The van der Waals surface area contributed by atoms with Crippen LogP contribution in [0.3, 0.4) is 0 Å². The van der Waals surface area contributed by atoms with Crippen LogP contribution in [-0.2, 0) is 4.74 Å². The lowest BCUT2D eigenvalue weighted by Crippen LogP contribution is -2.65. The van der Waals surface area contributed by atoms with Crippen LogP contribution in [0, 0.1) is 0 Å². The molecule has 2 heterocycles. The molecule has 6 nitrogen and oxygen atoms in total. The SMILES string of the molecule is C=CCCCN1C(=O)N(CCCC2CO2)C(=O)N(CCCC=C)C1C. The Morgan fingerprint density at radius 2 is 1.52 bits per heavy atom. The summed E-state index contributed by atoms with van der Waals surface area (Å²) in [6.07, 6.45) is 8.96. The number of amides is 4. The minimum atomic E-state index is -0.211. The summed E-state index contributed by atoms with van der Waals surface area (Å²) in [6.45, 7) is 12.0. The predicted molar refractivity (Wildman–Crippen MR) is 98.2 cm³/mol. The molecule has 6 heteroatoms. The molecule has 0 spiro atoms. The number of rotatable bonds is 12. The maximum atomic E-state index is 12.8. The molecule has 0 aromatic heterocycles. The van der Waals surface area contributed by atoms with E-state index in [0.717, 1.165) is 45.1 Å². The summed E-state index contributed by atoms with van der Waals surface area (Å²) in [7, 11) is 0. The Bertz CT molecular complexity index is 456. The standard InChI is InChI=1S/C19H31N3O3/c1-4-6-8-12-20-16(3)21(13-9-7-5-2)19(24)22(18(20)23)14-10-11-17-15-25-17/h4-5,16-17H,1-2,6-15H2,3H3. The molecule has 0 N–H and O–H groups in total. The third kappa shape index (κ3) is 5.33. The second-order valence-electron chi connectivity index (χ2n) is 6.69. The van der Waals surface area contributed by atoms with E-state index < -0.39 is 0 Å². The van der Waals surface area contributed by atoms with E-state index in [9.17, 15) is 9.59 Å². The topological polar surface area (TPSA) is 56.4 Å². The van der Waals surface area contributed by atoms with E-state index in [4.69, 9.17) is 4.74 Å². The fourth-order valence-corrected chi connectivity index (χ4v) is 3.16. The molecule has 0 saturated carbocycles.